The van der Waals surface area contributed by atoms with E-state index in [4.69, 9.17) is 4.74 Å². The van der Waals surface area contributed by atoms with Crippen molar-refractivity contribution in [3.8, 4) is 11.5 Å². The first-order valence-electron chi connectivity index (χ1n) is 5.33. The molecule has 6 heteroatoms. The topological polar surface area (TPSA) is 87.0 Å². The third-order valence-electron chi connectivity index (χ3n) is 2.58. The Kier molecular flexibility index (Phi) is 5.58. The second kappa shape index (κ2) is 6.72. The highest BCUT2D eigenvalue weighted by molar-refractivity contribution is 9.09. The predicted molar refractivity (Wildman–Crippen MR) is 69.4 cm³/mol. The van der Waals surface area contributed by atoms with Crippen LogP contribution in [0.5, 0.6) is 11.5 Å². The summed E-state index contributed by atoms with van der Waals surface area (Å²) < 4.78 is 4.91. The maximum Gasteiger partial charge on any atom is 0.168 e. The highest BCUT2D eigenvalue weighted by Gasteiger charge is 2.21. The van der Waals surface area contributed by atoms with Gasteiger partial charge in [0.25, 0.3) is 0 Å². The third kappa shape index (κ3) is 3.22. The molecule has 0 aliphatic heterocycles. The van der Waals surface area contributed by atoms with Crippen molar-refractivity contribution in [1.29, 1.82) is 0 Å². The molecule has 2 unspecified atom stereocenters. The predicted octanol–water partition coefficient (Wildman–Crippen LogP) is 1.39. The summed E-state index contributed by atoms with van der Waals surface area (Å²) in [4.78, 5) is 10.8. The molecule has 2 atom stereocenters. The molecule has 1 aromatic rings. The molecule has 5 nitrogen and oxygen atoms in total. The SMILES string of the molecule is COc1cc(C(O)C(O)CCBr)cc(C=O)c1O. The molecule has 0 radical (unpaired) electrons. The Morgan fingerprint density at radius 2 is 2.11 bits per heavy atom. The number of ether oxygens (including phenoxy) is 1. The van der Waals surface area contributed by atoms with Crippen LogP contribution in [0.4, 0.5) is 0 Å². The number of methoxy groups -OCH3 is 1. The van der Waals surface area contributed by atoms with Crippen molar-refractivity contribution in [2.24, 2.45) is 0 Å². The fourth-order valence-electron chi connectivity index (χ4n) is 1.56. The van der Waals surface area contributed by atoms with Crippen LogP contribution in [-0.4, -0.2) is 40.1 Å². The third-order valence-corrected chi connectivity index (χ3v) is 3.04. The first-order valence-corrected chi connectivity index (χ1v) is 6.45. The second-order valence-corrected chi connectivity index (χ2v) is 4.56. The van der Waals surface area contributed by atoms with Crippen LogP contribution in [0.1, 0.15) is 28.4 Å². The molecule has 0 fully saturated rings. The van der Waals surface area contributed by atoms with Crippen molar-refractivity contribution in [1.82, 2.24) is 0 Å². The van der Waals surface area contributed by atoms with Gasteiger partial charge in [0, 0.05) is 5.33 Å². The number of hydrogen-bond donors (Lipinski definition) is 3. The summed E-state index contributed by atoms with van der Waals surface area (Å²) >= 11 is 3.17. The zero-order valence-corrected chi connectivity index (χ0v) is 11.4. The van der Waals surface area contributed by atoms with Crippen molar-refractivity contribution >= 4 is 22.2 Å². The summed E-state index contributed by atoms with van der Waals surface area (Å²) in [7, 11) is 1.34. The molecule has 0 aromatic heterocycles. The smallest absolute Gasteiger partial charge is 0.168 e. The number of aldehydes is 1. The quantitative estimate of drug-likeness (QED) is 0.545. The number of aromatic hydroxyl groups is 1. The number of carbonyl (C=O) groups is 1. The van der Waals surface area contributed by atoms with E-state index in [2.05, 4.69) is 15.9 Å². The van der Waals surface area contributed by atoms with Gasteiger partial charge in [-0.25, -0.2) is 0 Å². The average Bonchev–Trinajstić information content (AvgIpc) is 2.38. The van der Waals surface area contributed by atoms with Gasteiger partial charge in [-0.1, -0.05) is 15.9 Å². The number of carbonyl (C=O) groups excluding carboxylic acids is 1. The lowest BCUT2D eigenvalue weighted by atomic mass is 10.00. The maximum atomic E-state index is 10.8. The van der Waals surface area contributed by atoms with Gasteiger partial charge in [-0.15, -0.1) is 0 Å². The Bertz CT molecular complexity index is 421. The molecule has 100 valence electrons. The van der Waals surface area contributed by atoms with Gasteiger partial charge in [0.15, 0.2) is 17.8 Å². The van der Waals surface area contributed by atoms with E-state index in [9.17, 15) is 20.1 Å². The number of aliphatic hydroxyl groups is 2. The van der Waals surface area contributed by atoms with Crippen molar-refractivity contribution in [3.05, 3.63) is 23.3 Å². The van der Waals surface area contributed by atoms with Crippen molar-refractivity contribution in [3.63, 3.8) is 0 Å². The van der Waals surface area contributed by atoms with Gasteiger partial charge in [-0.05, 0) is 24.1 Å². The Labute approximate surface area is 113 Å². The van der Waals surface area contributed by atoms with E-state index in [-0.39, 0.29) is 17.1 Å². The molecule has 0 heterocycles. The van der Waals surface area contributed by atoms with Crippen molar-refractivity contribution < 1.29 is 24.9 Å². The molecular formula is C12H15BrO5. The summed E-state index contributed by atoms with van der Waals surface area (Å²) in [6.45, 7) is 0. The molecule has 0 spiro atoms. The van der Waals surface area contributed by atoms with Gasteiger partial charge >= 0.3 is 0 Å². The molecule has 1 rings (SSSR count). The standard InChI is InChI=1S/C12H15BrO5/c1-18-10-5-7(4-8(6-14)12(10)17)11(16)9(15)2-3-13/h4-6,9,11,15-17H,2-3H2,1H3. The van der Waals surface area contributed by atoms with E-state index in [0.717, 1.165) is 0 Å². The van der Waals surface area contributed by atoms with E-state index in [1.54, 1.807) is 0 Å². The molecule has 18 heavy (non-hydrogen) atoms. The van der Waals surface area contributed by atoms with Crippen LogP contribution in [-0.2, 0) is 0 Å². The number of rotatable bonds is 6. The van der Waals surface area contributed by atoms with Crippen LogP contribution in [0.3, 0.4) is 0 Å². The van der Waals surface area contributed by atoms with E-state index in [1.807, 2.05) is 0 Å². The number of alkyl halides is 1. The van der Waals surface area contributed by atoms with Crippen molar-refractivity contribution in [2.45, 2.75) is 18.6 Å². The Hall–Kier alpha value is -1.11. The van der Waals surface area contributed by atoms with E-state index >= 15 is 0 Å². The van der Waals surface area contributed by atoms with Gasteiger partial charge < -0.3 is 20.1 Å². The summed E-state index contributed by atoms with van der Waals surface area (Å²) in [5.74, 6) is -0.196. The van der Waals surface area contributed by atoms with Gasteiger partial charge in [0.2, 0.25) is 0 Å². The second-order valence-electron chi connectivity index (χ2n) is 3.77. The lowest BCUT2D eigenvalue weighted by molar-refractivity contribution is 0.0172. The first-order chi connectivity index (χ1) is 8.54. The maximum absolute atomic E-state index is 10.8. The van der Waals surface area contributed by atoms with Crippen LogP contribution < -0.4 is 4.74 Å². The van der Waals surface area contributed by atoms with Crippen LogP contribution in [0, 0.1) is 0 Å². The summed E-state index contributed by atoms with van der Waals surface area (Å²) in [6, 6.07) is 2.72. The molecule has 1 aromatic carbocycles. The average molecular weight is 319 g/mol. The van der Waals surface area contributed by atoms with E-state index in [1.165, 1.54) is 19.2 Å². The van der Waals surface area contributed by atoms with Gasteiger partial charge in [-0.2, -0.15) is 0 Å². The number of aliphatic hydroxyl groups excluding tert-OH is 2. The highest BCUT2D eigenvalue weighted by Crippen LogP contribution is 2.33. The summed E-state index contributed by atoms with van der Waals surface area (Å²) in [5, 5.41) is 29.8. The fraction of sp³-hybridized carbons (Fsp3) is 0.417. The lowest BCUT2D eigenvalue weighted by Gasteiger charge is -2.18. The minimum Gasteiger partial charge on any atom is -0.504 e. The van der Waals surface area contributed by atoms with E-state index < -0.39 is 12.2 Å². The monoisotopic (exact) mass is 318 g/mol. The Morgan fingerprint density at radius 3 is 2.61 bits per heavy atom. The van der Waals surface area contributed by atoms with Crippen LogP contribution in [0.2, 0.25) is 0 Å². The molecular weight excluding hydrogens is 304 g/mol. The van der Waals surface area contributed by atoms with Gasteiger partial charge in [0.1, 0.15) is 6.10 Å². The summed E-state index contributed by atoms with van der Waals surface area (Å²) in [6.07, 6.45) is -1.28. The number of halogens is 1. The molecule has 0 aliphatic carbocycles. The normalized spacial score (nSPS) is 14.0. The number of phenols is 1. The molecule has 3 N–H and O–H groups in total. The van der Waals surface area contributed by atoms with Crippen LogP contribution >= 0.6 is 15.9 Å². The molecule has 0 bridgehead atoms. The van der Waals surface area contributed by atoms with Crippen LogP contribution in [0.15, 0.2) is 12.1 Å². The molecule has 0 aliphatic rings. The minimum absolute atomic E-state index is 0.00874. The fourth-order valence-corrected chi connectivity index (χ4v) is 2.03. The highest BCUT2D eigenvalue weighted by atomic mass is 79.9. The van der Waals surface area contributed by atoms with Gasteiger partial charge in [0.05, 0.1) is 18.8 Å². The number of hydrogen-bond acceptors (Lipinski definition) is 5. The molecule has 0 saturated carbocycles. The number of benzene rings is 1. The molecule has 0 amide bonds. The zero-order valence-electron chi connectivity index (χ0n) is 9.84. The largest absolute Gasteiger partial charge is 0.504 e. The minimum atomic E-state index is -1.14. The Morgan fingerprint density at radius 1 is 1.44 bits per heavy atom. The summed E-state index contributed by atoms with van der Waals surface area (Å²) in [5.41, 5.74) is 0.328. The Balaban J connectivity index is 3.12. The van der Waals surface area contributed by atoms with Gasteiger partial charge in [-0.3, -0.25) is 4.79 Å². The zero-order chi connectivity index (χ0) is 13.7. The van der Waals surface area contributed by atoms with Crippen LogP contribution in [0.25, 0.3) is 0 Å². The lowest BCUT2D eigenvalue weighted by Crippen LogP contribution is -2.18. The first kappa shape index (κ1) is 14.9. The van der Waals surface area contributed by atoms with E-state index in [0.29, 0.717) is 23.6 Å². The number of phenolic OH excluding ortho intramolecular Hbond substituents is 1. The molecule has 0 saturated heterocycles. The van der Waals surface area contributed by atoms with Crippen molar-refractivity contribution in [2.75, 3.05) is 12.4 Å².